The lowest BCUT2D eigenvalue weighted by Gasteiger charge is -2.40. The Morgan fingerprint density at radius 3 is 2.75 bits per heavy atom. The van der Waals surface area contributed by atoms with E-state index in [1.807, 2.05) is 0 Å². The summed E-state index contributed by atoms with van der Waals surface area (Å²) in [7, 11) is 0. The Kier molecular flexibility index (Phi) is 3.27. The first-order valence-corrected chi connectivity index (χ1v) is 6.82. The number of carbonyl (C=O) groups is 1. The van der Waals surface area contributed by atoms with Crippen LogP contribution < -0.4 is 16.4 Å². The topological polar surface area (TPSA) is 90.8 Å². The van der Waals surface area contributed by atoms with Crippen molar-refractivity contribution in [1.82, 2.24) is 0 Å². The molecular formula is C14H19N3O3. The van der Waals surface area contributed by atoms with E-state index in [9.17, 15) is 4.79 Å². The van der Waals surface area contributed by atoms with Crippen molar-refractivity contribution in [3.05, 3.63) is 23.8 Å². The summed E-state index contributed by atoms with van der Waals surface area (Å²) in [6.07, 6.45) is 1.85. The first-order valence-electron chi connectivity index (χ1n) is 6.82. The van der Waals surface area contributed by atoms with Gasteiger partial charge in [0, 0.05) is 18.5 Å². The molecule has 1 aromatic carbocycles. The zero-order chi connectivity index (χ0) is 14.2. The summed E-state index contributed by atoms with van der Waals surface area (Å²) in [5.74, 6) is -0.973. The molecule has 0 aliphatic carbocycles. The van der Waals surface area contributed by atoms with Crippen molar-refractivity contribution in [2.75, 3.05) is 36.9 Å². The highest BCUT2D eigenvalue weighted by molar-refractivity contribution is 5.95. The minimum atomic E-state index is -0.520. The average molecular weight is 277 g/mol. The number of rotatable bonds is 2. The van der Waals surface area contributed by atoms with Gasteiger partial charge in [-0.2, -0.15) is 0 Å². The monoisotopic (exact) mass is 277 g/mol. The van der Waals surface area contributed by atoms with Gasteiger partial charge in [-0.05, 0) is 24.6 Å². The van der Waals surface area contributed by atoms with E-state index in [4.69, 9.17) is 20.9 Å². The smallest absolute Gasteiger partial charge is 0.248 e. The van der Waals surface area contributed by atoms with E-state index in [-0.39, 0.29) is 0 Å². The Balaban J connectivity index is 1.88. The van der Waals surface area contributed by atoms with Crippen LogP contribution in [0.25, 0.3) is 0 Å². The molecule has 0 saturated carbocycles. The van der Waals surface area contributed by atoms with Crippen molar-refractivity contribution < 1.29 is 14.3 Å². The molecule has 4 N–H and O–H groups in total. The highest BCUT2D eigenvalue weighted by Gasteiger charge is 2.41. The first kappa shape index (κ1) is 13.2. The Bertz CT molecular complexity index is 526. The molecule has 6 nitrogen and oxygen atoms in total. The molecule has 2 aliphatic heterocycles. The Morgan fingerprint density at radius 1 is 1.30 bits per heavy atom. The van der Waals surface area contributed by atoms with E-state index in [1.54, 1.807) is 18.2 Å². The number of ether oxygens (including phenoxy) is 2. The van der Waals surface area contributed by atoms with Crippen LogP contribution in [0.15, 0.2) is 18.2 Å². The van der Waals surface area contributed by atoms with E-state index in [2.05, 4.69) is 4.90 Å². The second-order valence-electron chi connectivity index (χ2n) is 5.27. The molecule has 1 spiro atoms. The molecule has 0 radical (unpaired) electrons. The molecule has 2 saturated heterocycles. The molecule has 6 heteroatoms. The molecule has 108 valence electrons. The van der Waals surface area contributed by atoms with Gasteiger partial charge >= 0.3 is 0 Å². The van der Waals surface area contributed by atoms with Crippen molar-refractivity contribution in [3.8, 4) is 0 Å². The van der Waals surface area contributed by atoms with Gasteiger partial charge in [-0.1, -0.05) is 0 Å². The third kappa shape index (κ3) is 2.32. The van der Waals surface area contributed by atoms with Gasteiger partial charge in [-0.25, -0.2) is 0 Å². The fourth-order valence-corrected chi connectivity index (χ4v) is 2.90. The summed E-state index contributed by atoms with van der Waals surface area (Å²) >= 11 is 0. The summed E-state index contributed by atoms with van der Waals surface area (Å²) in [6, 6.07) is 5.10. The molecule has 1 aromatic rings. The number of anilines is 2. The molecule has 20 heavy (non-hydrogen) atoms. The fraction of sp³-hybridized carbons (Fsp3) is 0.500. The number of hydrogen-bond acceptors (Lipinski definition) is 5. The summed E-state index contributed by atoms with van der Waals surface area (Å²) in [5, 5.41) is 0. The summed E-state index contributed by atoms with van der Waals surface area (Å²) in [4.78, 5) is 13.4. The van der Waals surface area contributed by atoms with Crippen molar-refractivity contribution in [3.63, 3.8) is 0 Å². The number of benzene rings is 1. The maximum absolute atomic E-state index is 11.3. The van der Waals surface area contributed by atoms with E-state index in [0.29, 0.717) is 31.0 Å². The van der Waals surface area contributed by atoms with Crippen molar-refractivity contribution in [1.29, 1.82) is 0 Å². The van der Waals surface area contributed by atoms with Gasteiger partial charge in [0.05, 0.1) is 31.1 Å². The highest BCUT2D eigenvalue weighted by atomic mass is 16.7. The molecule has 2 heterocycles. The Labute approximate surface area is 117 Å². The Hall–Kier alpha value is -1.79. The van der Waals surface area contributed by atoms with Crippen molar-refractivity contribution >= 4 is 17.3 Å². The van der Waals surface area contributed by atoms with Crippen LogP contribution in [0.2, 0.25) is 0 Å². The van der Waals surface area contributed by atoms with Gasteiger partial charge in [-0.15, -0.1) is 0 Å². The molecule has 2 fully saturated rings. The maximum atomic E-state index is 11.3. The largest absolute Gasteiger partial charge is 0.397 e. The number of amides is 1. The quantitative estimate of drug-likeness (QED) is 0.777. The molecule has 0 atom stereocenters. The SMILES string of the molecule is NC(=O)c1ccc(N)c(N2CCCC3(C2)OCCO3)c1. The molecule has 1 amide bonds. The van der Waals surface area contributed by atoms with Crippen LogP contribution in [0.5, 0.6) is 0 Å². The van der Waals surface area contributed by atoms with Crippen LogP contribution in [0.1, 0.15) is 23.2 Å². The number of primary amides is 1. The normalized spacial score (nSPS) is 21.3. The van der Waals surface area contributed by atoms with E-state index in [1.165, 1.54) is 0 Å². The van der Waals surface area contributed by atoms with Crippen LogP contribution in [0.3, 0.4) is 0 Å². The van der Waals surface area contributed by atoms with Gasteiger partial charge in [-0.3, -0.25) is 4.79 Å². The lowest BCUT2D eigenvalue weighted by Crippen LogP contribution is -2.49. The van der Waals surface area contributed by atoms with Crippen molar-refractivity contribution in [2.24, 2.45) is 5.73 Å². The van der Waals surface area contributed by atoms with E-state index in [0.717, 1.165) is 25.1 Å². The van der Waals surface area contributed by atoms with Crippen LogP contribution >= 0.6 is 0 Å². The minimum Gasteiger partial charge on any atom is -0.397 e. The average Bonchev–Trinajstić information content (AvgIpc) is 2.87. The van der Waals surface area contributed by atoms with Crippen LogP contribution in [0, 0.1) is 0 Å². The van der Waals surface area contributed by atoms with Gasteiger partial charge in [0.25, 0.3) is 0 Å². The zero-order valence-corrected chi connectivity index (χ0v) is 11.3. The number of carbonyl (C=O) groups excluding carboxylic acids is 1. The molecule has 0 unspecified atom stereocenters. The van der Waals surface area contributed by atoms with Crippen LogP contribution in [-0.4, -0.2) is 38.0 Å². The molecular weight excluding hydrogens is 258 g/mol. The summed E-state index contributed by atoms with van der Waals surface area (Å²) in [5.41, 5.74) is 13.3. The van der Waals surface area contributed by atoms with E-state index < -0.39 is 11.7 Å². The standard InChI is InChI=1S/C14H19N3O3/c15-11-3-2-10(13(16)18)8-12(11)17-5-1-4-14(9-17)19-6-7-20-14/h2-3,8H,1,4-7,9,15H2,(H2,16,18). The first-order chi connectivity index (χ1) is 9.60. The second-order valence-corrected chi connectivity index (χ2v) is 5.27. The summed E-state index contributed by atoms with van der Waals surface area (Å²) in [6.45, 7) is 2.75. The summed E-state index contributed by atoms with van der Waals surface area (Å²) < 4.78 is 11.5. The maximum Gasteiger partial charge on any atom is 0.248 e. The number of nitrogen functional groups attached to an aromatic ring is 1. The number of piperidine rings is 1. The molecule has 3 rings (SSSR count). The predicted octanol–water partition coefficient (Wildman–Crippen LogP) is 0.711. The third-order valence-corrected chi connectivity index (χ3v) is 3.89. The lowest BCUT2D eigenvalue weighted by atomic mass is 10.0. The van der Waals surface area contributed by atoms with Gasteiger partial charge in [0.2, 0.25) is 5.91 Å². The van der Waals surface area contributed by atoms with Gasteiger partial charge in [0.1, 0.15) is 0 Å². The Morgan fingerprint density at radius 2 is 2.05 bits per heavy atom. The van der Waals surface area contributed by atoms with Gasteiger partial charge in [0.15, 0.2) is 5.79 Å². The fourth-order valence-electron chi connectivity index (χ4n) is 2.90. The molecule has 2 aliphatic rings. The molecule has 0 aromatic heterocycles. The number of hydrogen-bond donors (Lipinski definition) is 2. The zero-order valence-electron chi connectivity index (χ0n) is 11.3. The minimum absolute atomic E-state index is 0.452. The molecule has 0 bridgehead atoms. The number of nitrogens with zero attached hydrogens (tertiary/aromatic N) is 1. The van der Waals surface area contributed by atoms with Crippen molar-refractivity contribution in [2.45, 2.75) is 18.6 Å². The highest BCUT2D eigenvalue weighted by Crippen LogP contribution is 2.35. The van der Waals surface area contributed by atoms with Gasteiger partial charge < -0.3 is 25.8 Å². The van der Waals surface area contributed by atoms with Crippen LogP contribution in [-0.2, 0) is 9.47 Å². The lowest BCUT2D eigenvalue weighted by molar-refractivity contribution is -0.161. The number of nitrogens with two attached hydrogens (primary N) is 2. The van der Waals surface area contributed by atoms with Crippen LogP contribution in [0.4, 0.5) is 11.4 Å². The predicted molar refractivity (Wildman–Crippen MR) is 75.5 cm³/mol. The third-order valence-electron chi connectivity index (χ3n) is 3.89. The second kappa shape index (κ2) is 4.96. The van der Waals surface area contributed by atoms with E-state index >= 15 is 0 Å².